The zero-order valence-corrected chi connectivity index (χ0v) is 7.82. The number of carboxylic acid groups (broad SMARTS) is 1. The van der Waals surface area contributed by atoms with Gasteiger partial charge < -0.3 is 5.11 Å². The molecule has 0 aromatic rings. The number of hydrogen-bond acceptors (Lipinski definition) is 4. The fourth-order valence-corrected chi connectivity index (χ4v) is 1.20. The molecule has 1 aliphatic rings. The maximum atomic E-state index is 11.1. The van der Waals surface area contributed by atoms with Crippen molar-refractivity contribution in [3.8, 4) is 0 Å². The fraction of sp³-hybridized carbons (Fsp3) is 0.625. The predicted molar refractivity (Wildman–Crippen MR) is 45.9 cm³/mol. The summed E-state index contributed by atoms with van der Waals surface area (Å²) in [5, 5.41) is 9.50. The Hall–Kier alpha value is -1.43. The average molecular weight is 200 g/mol. The van der Waals surface area contributed by atoms with Crippen LogP contribution in [0.2, 0.25) is 0 Å². The summed E-state index contributed by atoms with van der Waals surface area (Å²) in [6.07, 6.45) is 0.621. The lowest BCUT2D eigenvalue weighted by atomic mass is 10.2. The van der Waals surface area contributed by atoms with Gasteiger partial charge in [-0.3, -0.25) is 14.4 Å². The number of hydrogen-bond donors (Lipinski definition) is 2. The Labute approximate surface area is 80.8 Å². The van der Waals surface area contributed by atoms with Crippen LogP contribution in [-0.2, 0) is 14.4 Å². The van der Waals surface area contributed by atoms with Gasteiger partial charge in [-0.05, 0) is 6.42 Å². The first-order valence-corrected chi connectivity index (χ1v) is 4.41. The summed E-state index contributed by atoms with van der Waals surface area (Å²) in [5.41, 5.74) is 2.40. The van der Waals surface area contributed by atoms with E-state index in [1.54, 1.807) is 6.92 Å². The number of nitrogens with zero attached hydrogens (tertiary/aromatic N) is 1. The number of nitrogens with one attached hydrogen (secondary N) is 1. The molecule has 2 N–H and O–H groups in total. The van der Waals surface area contributed by atoms with Gasteiger partial charge in [-0.2, -0.15) is 0 Å². The second-order valence-electron chi connectivity index (χ2n) is 3.05. The monoisotopic (exact) mass is 200 g/mol. The van der Waals surface area contributed by atoms with E-state index < -0.39 is 12.0 Å². The molecule has 1 fully saturated rings. The van der Waals surface area contributed by atoms with Crippen molar-refractivity contribution in [2.75, 3.05) is 0 Å². The molecule has 1 unspecified atom stereocenters. The minimum absolute atomic E-state index is 0.155. The van der Waals surface area contributed by atoms with E-state index in [0.717, 1.165) is 5.01 Å². The van der Waals surface area contributed by atoms with E-state index in [0.29, 0.717) is 6.42 Å². The lowest BCUT2D eigenvalue weighted by Crippen LogP contribution is -2.50. The summed E-state index contributed by atoms with van der Waals surface area (Å²) in [7, 11) is 0. The van der Waals surface area contributed by atoms with Crippen molar-refractivity contribution in [3.05, 3.63) is 0 Å². The lowest BCUT2D eigenvalue weighted by molar-refractivity contribution is -0.147. The molecule has 6 heteroatoms. The van der Waals surface area contributed by atoms with Crippen molar-refractivity contribution in [2.45, 2.75) is 32.2 Å². The SMILES string of the molecule is CCC(NN1C(=O)CCC1=O)C(=O)O. The Bertz CT molecular complexity index is 261. The summed E-state index contributed by atoms with van der Waals surface area (Å²) in [4.78, 5) is 32.8. The van der Waals surface area contributed by atoms with Crippen molar-refractivity contribution in [2.24, 2.45) is 0 Å². The summed E-state index contributed by atoms with van der Waals surface area (Å²) in [6, 6.07) is -0.888. The van der Waals surface area contributed by atoms with E-state index in [1.807, 2.05) is 0 Å². The molecular weight excluding hydrogens is 188 g/mol. The molecule has 0 aromatic carbocycles. The van der Waals surface area contributed by atoms with Crippen molar-refractivity contribution >= 4 is 17.8 Å². The number of rotatable bonds is 4. The second kappa shape index (κ2) is 4.19. The van der Waals surface area contributed by atoms with E-state index in [-0.39, 0.29) is 24.7 Å². The van der Waals surface area contributed by atoms with Crippen molar-refractivity contribution in [3.63, 3.8) is 0 Å². The van der Waals surface area contributed by atoms with E-state index in [2.05, 4.69) is 5.43 Å². The maximum absolute atomic E-state index is 11.1. The number of carbonyl (C=O) groups is 3. The van der Waals surface area contributed by atoms with Crippen LogP contribution in [-0.4, -0.2) is 33.9 Å². The molecule has 0 bridgehead atoms. The molecule has 14 heavy (non-hydrogen) atoms. The number of amides is 2. The molecule has 1 heterocycles. The van der Waals surface area contributed by atoms with Crippen molar-refractivity contribution in [1.29, 1.82) is 0 Å². The van der Waals surface area contributed by atoms with Gasteiger partial charge in [0, 0.05) is 12.8 Å². The predicted octanol–water partition coefficient (Wildman–Crippen LogP) is -0.497. The number of hydrazine groups is 1. The number of aliphatic carboxylic acids is 1. The first-order valence-electron chi connectivity index (χ1n) is 4.41. The van der Waals surface area contributed by atoms with Crippen LogP contribution in [0.1, 0.15) is 26.2 Å². The van der Waals surface area contributed by atoms with Gasteiger partial charge in [-0.25, -0.2) is 10.4 Å². The quantitative estimate of drug-likeness (QED) is 0.597. The molecule has 0 aromatic heterocycles. The van der Waals surface area contributed by atoms with Gasteiger partial charge in [0.15, 0.2) is 0 Å². The maximum Gasteiger partial charge on any atom is 0.322 e. The summed E-state index contributed by atoms with van der Waals surface area (Å²) >= 11 is 0. The van der Waals surface area contributed by atoms with Gasteiger partial charge in [0.05, 0.1) is 0 Å². The number of imide groups is 1. The fourth-order valence-electron chi connectivity index (χ4n) is 1.20. The summed E-state index contributed by atoms with van der Waals surface area (Å²) in [6.45, 7) is 1.66. The van der Waals surface area contributed by atoms with Gasteiger partial charge in [-0.15, -0.1) is 0 Å². The van der Waals surface area contributed by atoms with Gasteiger partial charge in [0.1, 0.15) is 6.04 Å². The second-order valence-corrected chi connectivity index (χ2v) is 3.05. The topological polar surface area (TPSA) is 86.7 Å². The highest BCUT2D eigenvalue weighted by atomic mass is 16.4. The van der Waals surface area contributed by atoms with Crippen LogP contribution in [0.5, 0.6) is 0 Å². The van der Waals surface area contributed by atoms with Crippen LogP contribution in [0.15, 0.2) is 0 Å². The minimum Gasteiger partial charge on any atom is -0.480 e. The molecule has 1 rings (SSSR count). The van der Waals surface area contributed by atoms with E-state index in [4.69, 9.17) is 5.11 Å². The first kappa shape index (κ1) is 10.6. The van der Waals surface area contributed by atoms with Crippen LogP contribution in [0.3, 0.4) is 0 Å². The molecular formula is C8H12N2O4. The molecule has 78 valence electrons. The van der Waals surface area contributed by atoms with Crippen molar-refractivity contribution < 1.29 is 19.5 Å². The molecule has 6 nitrogen and oxygen atoms in total. The molecule has 1 saturated heterocycles. The molecule has 1 aliphatic heterocycles. The largest absolute Gasteiger partial charge is 0.480 e. The normalized spacial score (nSPS) is 18.8. The minimum atomic E-state index is -1.07. The Morgan fingerprint density at radius 3 is 2.36 bits per heavy atom. The molecule has 2 amide bonds. The third kappa shape index (κ3) is 2.08. The number of carboxylic acids is 1. The van der Waals surface area contributed by atoms with Crippen LogP contribution in [0, 0.1) is 0 Å². The first-order chi connectivity index (χ1) is 6.56. The van der Waals surface area contributed by atoms with Gasteiger partial charge >= 0.3 is 5.97 Å². The Morgan fingerprint density at radius 2 is 2.00 bits per heavy atom. The summed E-state index contributed by atoms with van der Waals surface area (Å²) < 4.78 is 0. The highest BCUT2D eigenvalue weighted by molar-refractivity contribution is 6.01. The molecule has 0 aliphatic carbocycles. The average Bonchev–Trinajstić information content (AvgIpc) is 2.43. The Kier molecular flexibility index (Phi) is 3.19. The van der Waals surface area contributed by atoms with Crippen LogP contribution < -0.4 is 5.43 Å². The Balaban J connectivity index is 2.61. The van der Waals surface area contributed by atoms with Gasteiger partial charge in [-0.1, -0.05) is 6.92 Å². The van der Waals surface area contributed by atoms with Crippen LogP contribution in [0.4, 0.5) is 0 Å². The standard InChI is InChI=1S/C8H12N2O4/c1-2-5(8(13)14)9-10-6(11)3-4-7(10)12/h5,9H,2-4H2,1H3,(H,13,14). The summed E-state index contributed by atoms with van der Waals surface area (Å²) in [5.74, 6) is -1.80. The van der Waals surface area contributed by atoms with Crippen molar-refractivity contribution in [1.82, 2.24) is 10.4 Å². The van der Waals surface area contributed by atoms with Crippen LogP contribution in [0.25, 0.3) is 0 Å². The molecule has 0 saturated carbocycles. The third-order valence-corrected chi connectivity index (χ3v) is 2.04. The van der Waals surface area contributed by atoms with Gasteiger partial charge in [0.25, 0.3) is 0 Å². The molecule has 0 spiro atoms. The van der Waals surface area contributed by atoms with Crippen LogP contribution >= 0.6 is 0 Å². The highest BCUT2D eigenvalue weighted by Gasteiger charge is 2.32. The zero-order chi connectivity index (χ0) is 10.7. The van der Waals surface area contributed by atoms with E-state index in [9.17, 15) is 14.4 Å². The van der Waals surface area contributed by atoms with E-state index >= 15 is 0 Å². The Morgan fingerprint density at radius 1 is 1.50 bits per heavy atom. The highest BCUT2D eigenvalue weighted by Crippen LogP contribution is 2.09. The zero-order valence-electron chi connectivity index (χ0n) is 7.82. The van der Waals surface area contributed by atoms with E-state index in [1.165, 1.54) is 0 Å². The third-order valence-electron chi connectivity index (χ3n) is 2.04. The van der Waals surface area contributed by atoms with Gasteiger partial charge in [0.2, 0.25) is 11.8 Å². The smallest absolute Gasteiger partial charge is 0.322 e. The molecule has 0 radical (unpaired) electrons. The molecule has 1 atom stereocenters. The number of carbonyl (C=O) groups excluding carboxylic acids is 2. The lowest BCUT2D eigenvalue weighted by Gasteiger charge is -2.19.